The van der Waals surface area contributed by atoms with Crippen LogP contribution in [0.25, 0.3) is 0 Å². The van der Waals surface area contributed by atoms with Crippen molar-refractivity contribution in [3.63, 3.8) is 0 Å². The maximum atomic E-state index is 12.2. The van der Waals surface area contributed by atoms with E-state index in [9.17, 15) is 14.4 Å². The molecule has 0 bridgehead atoms. The fraction of sp³-hybridized carbons (Fsp3) is 0.471. The van der Waals surface area contributed by atoms with Gasteiger partial charge in [0.05, 0.1) is 25.7 Å². The highest BCUT2D eigenvalue weighted by Crippen LogP contribution is 2.17. The lowest BCUT2D eigenvalue weighted by Gasteiger charge is -2.21. The Kier molecular flexibility index (Phi) is 8.94. The predicted octanol–water partition coefficient (Wildman–Crippen LogP) is 2.11. The first-order valence-corrected chi connectivity index (χ1v) is 8.47. The number of likely N-dealkylation sites (N-methyl/N-ethyl adjacent to an activating group) is 1. The van der Waals surface area contributed by atoms with Crippen LogP contribution in [-0.4, -0.2) is 49.0 Å². The summed E-state index contributed by atoms with van der Waals surface area (Å²) < 4.78 is 4.64. The van der Waals surface area contributed by atoms with E-state index in [1.807, 2.05) is 26.0 Å². The van der Waals surface area contributed by atoms with Crippen molar-refractivity contribution < 1.29 is 19.1 Å². The monoisotopic (exact) mass is 369 g/mol. The first-order valence-electron chi connectivity index (χ1n) is 8.09. The Morgan fingerprint density at radius 1 is 1.20 bits per heavy atom. The number of nitrogens with zero attached hydrogens (tertiary/aromatic N) is 1. The molecule has 0 aromatic heterocycles. The number of halogens is 1. The van der Waals surface area contributed by atoms with Gasteiger partial charge in [-0.3, -0.25) is 19.8 Å². The minimum absolute atomic E-state index is 0.0393. The third-order valence-electron chi connectivity index (χ3n) is 3.42. The molecule has 1 rings (SSSR count). The molecule has 25 heavy (non-hydrogen) atoms. The van der Waals surface area contributed by atoms with Gasteiger partial charge in [0.2, 0.25) is 11.8 Å². The zero-order valence-electron chi connectivity index (χ0n) is 14.7. The third kappa shape index (κ3) is 8.00. The van der Waals surface area contributed by atoms with Crippen molar-refractivity contribution in [3.05, 3.63) is 34.9 Å². The lowest BCUT2D eigenvalue weighted by Crippen LogP contribution is -2.44. The molecule has 0 fully saturated rings. The molecule has 138 valence electrons. The summed E-state index contributed by atoms with van der Waals surface area (Å²) in [6.07, 6.45) is -0.789. The quantitative estimate of drug-likeness (QED) is 0.732. The van der Waals surface area contributed by atoms with Gasteiger partial charge in [-0.1, -0.05) is 30.7 Å². The summed E-state index contributed by atoms with van der Waals surface area (Å²) in [6, 6.07) is 7.04. The van der Waals surface area contributed by atoms with Crippen LogP contribution in [0.3, 0.4) is 0 Å². The average molecular weight is 370 g/mol. The van der Waals surface area contributed by atoms with E-state index in [4.69, 9.17) is 11.6 Å². The Balaban J connectivity index is 2.49. The van der Waals surface area contributed by atoms with Crippen molar-refractivity contribution >= 4 is 29.5 Å². The topological polar surface area (TPSA) is 87.7 Å². The first kappa shape index (κ1) is 20.9. The number of carbonyl (C=O) groups excluding carboxylic acids is 3. The summed E-state index contributed by atoms with van der Waals surface area (Å²) in [6.45, 7) is 5.95. The summed E-state index contributed by atoms with van der Waals surface area (Å²) in [7, 11) is 0. The molecule has 0 aliphatic heterocycles. The fourth-order valence-electron chi connectivity index (χ4n) is 2.15. The first-order chi connectivity index (χ1) is 11.8. The average Bonchev–Trinajstić information content (AvgIpc) is 2.54. The van der Waals surface area contributed by atoms with Crippen LogP contribution in [-0.2, 0) is 14.3 Å². The highest BCUT2D eigenvalue weighted by atomic mass is 35.5. The summed E-state index contributed by atoms with van der Waals surface area (Å²) in [5.74, 6) is -0.741. The lowest BCUT2D eigenvalue weighted by molar-refractivity contribution is -0.125. The van der Waals surface area contributed by atoms with Crippen molar-refractivity contribution in [1.82, 2.24) is 15.5 Å². The number of carbonyl (C=O) groups is 3. The standard InChI is InChI=1S/C17H24ClN3O4/c1-4-21(11-16(23)20-17(24)25-5-2)10-15(22)19-12(3)13-7-6-8-14(18)9-13/h6-9,12H,4-5,10-11H2,1-3H3,(H,19,22)(H,20,23,24)/t12-/m1/s1. The molecule has 0 spiro atoms. The van der Waals surface area contributed by atoms with E-state index < -0.39 is 12.0 Å². The SMILES string of the molecule is CCOC(=O)NC(=O)CN(CC)CC(=O)N[C@H](C)c1cccc(Cl)c1. The summed E-state index contributed by atoms with van der Waals surface area (Å²) in [5, 5.41) is 5.56. The van der Waals surface area contributed by atoms with Crippen molar-refractivity contribution in [1.29, 1.82) is 0 Å². The Morgan fingerprint density at radius 3 is 2.48 bits per heavy atom. The van der Waals surface area contributed by atoms with Crippen LogP contribution in [0, 0.1) is 0 Å². The van der Waals surface area contributed by atoms with Crippen LogP contribution in [0.5, 0.6) is 0 Å². The zero-order chi connectivity index (χ0) is 18.8. The molecule has 0 unspecified atom stereocenters. The van der Waals surface area contributed by atoms with Crippen molar-refractivity contribution in [3.8, 4) is 0 Å². The number of nitrogens with one attached hydrogen (secondary N) is 2. The van der Waals surface area contributed by atoms with Crippen molar-refractivity contribution in [2.75, 3.05) is 26.2 Å². The minimum Gasteiger partial charge on any atom is -0.450 e. The Bertz CT molecular complexity index is 609. The van der Waals surface area contributed by atoms with Crippen LogP contribution in [0.15, 0.2) is 24.3 Å². The number of hydrogen-bond acceptors (Lipinski definition) is 5. The van der Waals surface area contributed by atoms with E-state index >= 15 is 0 Å². The van der Waals surface area contributed by atoms with Crippen LogP contribution >= 0.6 is 11.6 Å². The van der Waals surface area contributed by atoms with Crippen LogP contribution in [0.1, 0.15) is 32.4 Å². The Morgan fingerprint density at radius 2 is 1.88 bits per heavy atom. The Hall–Kier alpha value is -2.12. The number of imide groups is 1. The lowest BCUT2D eigenvalue weighted by atomic mass is 10.1. The van der Waals surface area contributed by atoms with E-state index in [0.717, 1.165) is 5.56 Å². The second-order valence-corrected chi connectivity index (χ2v) is 5.85. The van der Waals surface area contributed by atoms with Gasteiger partial charge in [0, 0.05) is 5.02 Å². The maximum Gasteiger partial charge on any atom is 0.413 e. The van der Waals surface area contributed by atoms with Gasteiger partial charge in [-0.2, -0.15) is 0 Å². The maximum absolute atomic E-state index is 12.2. The van der Waals surface area contributed by atoms with Gasteiger partial charge in [-0.15, -0.1) is 0 Å². The molecule has 0 aliphatic rings. The van der Waals surface area contributed by atoms with E-state index in [0.29, 0.717) is 11.6 Å². The molecule has 7 nitrogen and oxygen atoms in total. The second kappa shape index (κ2) is 10.7. The van der Waals surface area contributed by atoms with Gasteiger partial charge in [-0.25, -0.2) is 4.79 Å². The van der Waals surface area contributed by atoms with Gasteiger partial charge in [0.1, 0.15) is 0 Å². The highest BCUT2D eigenvalue weighted by molar-refractivity contribution is 6.30. The molecule has 0 aliphatic carbocycles. The molecule has 8 heteroatoms. The van der Waals surface area contributed by atoms with Crippen LogP contribution in [0.2, 0.25) is 5.02 Å². The number of hydrogen-bond donors (Lipinski definition) is 2. The molecular weight excluding hydrogens is 346 g/mol. The molecule has 0 saturated heterocycles. The van der Waals surface area contributed by atoms with Crippen molar-refractivity contribution in [2.45, 2.75) is 26.8 Å². The molecule has 0 saturated carbocycles. The second-order valence-electron chi connectivity index (χ2n) is 5.42. The molecule has 2 N–H and O–H groups in total. The van der Waals surface area contributed by atoms with E-state index in [1.54, 1.807) is 24.0 Å². The fourth-order valence-corrected chi connectivity index (χ4v) is 2.35. The van der Waals surface area contributed by atoms with Crippen molar-refractivity contribution in [2.24, 2.45) is 0 Å². The largest absolute Gasteiger partial charge is 0.450 e. The number of amides is 3. The van der Waals surface area contributed by atoms with E-state index in [2.05, 4.69) is 15.4 Å². The number of ether oxygens (including phenoxy) is 1. The molecule has 0 radical (unpaired) electrons. The van der Waals surface area contributed by atoms with Crippen LogP contribution in [0.4, 0.5) is 4.79 Å². The summed E-state index contributed by atoms with van der Waals surface area (Å²) in [5.41, 5.74) is 0.893. The summed E-state index contributed by atoms with van der Waals surface area (Å²) >= 11 is 5.95. The van der Waals surface area contributed by atoms with E-state index in [-0.39, 0.29) is 31.6 Å². The normalized spacial score (nSPS) is 11.7. The smallest absolute Gasteiger partial charge is 0.413 e. The zero-order valence-corrected chi connectivity index (χ0v) is 15.4. The minimum atomic E-state index is -0.789. The van der Waals surface area contributed by atoms with Gasteiger partial charge >= 0.3 is 6.09 Å². The molecule has 0 heterocycles. The molecular formula is C17H24ClN3O4. The summed E-state index contributed by atoms with van der Waals surface area (Å²) in [4.78, 5) is 36.8. The third-order valence-corrected chi connectivity index (χ3v) is 3.66. The predicted molar refractivity (Wildman–Crippen MR) is 95.3 cm³/mol. The van der Waals surface area contributed by atoms with Gasteiger partial charge in [0.25, 0.3) is 0 Å². The number of alkyl carbamates (subject to hydrolysis) is 1. The molecule has 1 atom stereocenters. The van der Waals surface area contributed by atoms with Crippen LogP contribution < -0.4 is 10.6 Å². The van der Waals surface area contributed by atoms with E-state index in [1.165, 1.54) is 0 Å². The number of rotatable bonds is 8. The highest BCUT2D eigenvalue weighted by Gasteiger charge is 2.17. The molecule has 1 aromatic carbocycles. The molecule has 1 aromatic rings. The molecule has 3 amide bonds. The number of benzene rings is 1. The Labute approximate surface area is 152 Å². The van der Waals surface area contributed by atoms with Gasteiger partial charge in [-0.05, 0) is 38.1 Å². The van der Waals surface area contributed by atoms with Gasteiger partial charge < -0.3 is 10.1 Å². The van der Waals surface area contributed by atoms with Gasteiger partial charge in [0.15, 0.2) is 0 Å².